The summed E-state index contributed by atoms with van der Waals surface area (Å²) in [4.78, 5) is 25.5. The average molecular weight is 326 g/mol. The maximum absolute atomic E-state index is 11.0. The molecule has 2 aromatic rings. The van der Waals surface area contributed by atoms with Gasteiger partial charge in [-0.25, -0.2) is 9.50 Å². The quantitative estimate of drug-likeness (QED) is 0.798. The van der Waals surface area contributed by atoms with Crippen LogP contribution in [0.4, 0.5) is 0 Å². The van der Waals surface area contributed by atoms with Crippen molar-refractivity contribution in [1.29, 1.82) is 0 Å². The number of methoxy groups -OCH3 is 2. The molecule has 0 atom stereocenters. The summed E-state index contributed by atoms with van der Waals surface area (Å²) in [6, 6.07) is 3.38. The van der Waals surface area contributed by atoms with E-state index in [0.29, 0.717) is 16.5 Å². The fraction of sp³-hybridized carbons (Fsp3) is 0.429. The largest absolute Gasteiger partial charge is 0.469 e. The molecule has 7 nitrogen and oxygen atoms in total. The second-order valence-corrected chi connectivity index (χ2v) is 5.13. The van der Waals surface area contributed by atoms with Crippen LogP contribution < -0.4 is 0 Å². The lowest BCUT2D eigenvalue weighted by Crippen LogP contribution is -2.04. The summed E-state index contributed by atoms with van der Waals surface area (Å²) in [5.41, 5.74) is 1.26. The standard InChI is InChI=1S/C9H8ClN3O2.C5H8O2/c1-15-9(14)4-6-5-13-8(11-6)3-2-7(10)12-13;1-7-5(6)4-2-3-4/h2-3,5H,4H2,1H3;4H,2-3H2,1H3. The molecule has 0 spiro atoms. The van der Waals surface area contributed by atoms with Gasteiger partial charge < -0.3 is 9.47 Å². The summed E-state index contributed by atoms with van der Waals surface area (Å²) >= 11 is 5.71. The van der Waals surface area contributed by atoms with E-state index in [1.807, 2.05) is 0 Å². The Bertz CT molecular complexity index is 682. The van der Waals surface area contributed by atoms with Crippen LogP contribution in [0.2, 0.25) is 5.15 Å². The van der Waals surface area contributed by atoms with Crippen LogP contribution in [-0.4, -0.2) is 40.8 Å². The van der Waals surface area contributed by atoms with Gasteiger partial charge in [-0.05, 0) is 25.0 Å². The predicted molar refractivity (Wildman–Crippen MR) is 78.5 cm³/mol. The molecular formula is C14H16ClN3O4. The van der Waals surface area contributed by atoms with E-state index in [4.69, 9.17) is 11.6 Å². The zero-order valence-corrected chi connectivity index (χ0v) is 13.0. The molecule has 0 aliphatic heterocycles. The lowest BCUT2D eigenvalue weighted by Gasteiger charge is -1.92. The van der Waals surface area contributed by atoms with Crippen LogP contribution in [0.5, 0.6) is 0 Å². The molecule has 1 aliphatic carbocycles. The van der Waals surface area contributed by atoms with Gasteiger partial charge in [-0.2, -0.15) is 5.10 Å². The van der Waals surface area contributed by atoms with Gasteiger partial charge in [0.05, 0.1) is 38.4 Å². The van der Waals surface area contributed by atoms with E-state index < -0.39 is 0 Å². The molecule has 118 valence electrons. The SMILES string of the molecule is COC(=O)C1CC1.COC(=O)Cc1cn2nc(Cl)ccc2n1. The van der Waals surface area contributed by atoms with Crippen LogP contribution >= 0.6 is 11.6 Å². The highest BCUT2D eigenvalue weighted by molar-refractivity contribution is 6.29. The van der Waals surface area contributed by atoms with Crippen molar-refractivity contribution in [3.63, 3.8) is 0 Å². The number of fused-ring (bicyclic) bond motifs is 1. The second kappa shape index (κ2) is 7.22. The molecule has 0 aromatic carbocycles. The Labute approximate surface area is 132 Å². The fourth-order valence-electron chi connectivity index (χ4n) is 1.70. The summed E-state index contributed by atoms with van der Waals surface area (Å²) in [7, 11) is 2.77. The van der Waals surface area contributed by atoms with Gasteiger partial charge in [-0.1, -0.05) is 11.6 Å². The summed E-state index contributed by atoms with van der Waals surface area (Å²) < 4.78 is 10.5. The van der Waals surface area contributed by atoms with Crippen LogP contribution in [0.15, 0.2) is 18.3 Å². The van der Waals surface area contributed by atoms with Gasteiger partial charge in [-0.15, -0.1) is 0 Å². The number of esters is 2. The van der Waals surface area contributed by atoms with Crippen molar-refractivity contribution in [2.75, 3.05) is 14.2 Å². The molecule has 2 heterocycles. The molecule has 3 rings (SSSR count). The lowest BCUT2D eigenvalue weighted by molar-refractivity contribution is -0.142. The minimum Gasteiger partial charge on any atom is -0.469 e. The van der Waals surface area contributed by atoms with E-state index in [0.717, 1.165) is 12.8 Å². The lowest BCUT2D eigenvalue weighted by atomic mass is 10.3. The Hall–Kier alpha value is -2.15. The van der Waals surface area contributed by atoms with Crippen LogP contribution in [0.3, 0.4) is 0 Å². The third-order valence-corrected chi connectivity index (χ3v) is 3.20. The molecule has 0 bridgehead atoms. The number of carbonyl (C=O) groups is 2. The number of halogens is 1. The molecule has 0 N–H and O–H groups in total. The number of carbonyl (C=O) groups excluding carboxylic acids is 2. The van der Waals surface area contributed by atoms with Crippen LogP contribution in [0.25, 0.3) is 5.65 Å². The van der Waals surface area contributed by atoms with Gasteiger partial charge in [0.1, 0.15) is 5.15 Å². The van der Waals surface area contributed by atoms with E-state index in [1.165, 1.54) is 18.7 Å². The zero-order valence-electron chi connectivity index (χ0n) is 12.3. The molecule has 0 amide bonds. The number of ether oxygens (including phenoxy) is 2. The highest BCUT2D eigenvalue weighted by Gasteiger charge is 2.30. The first kappa shape index (κ1) is 16.2. The molecule has 1 aliphatic rings. The van der Waals surface area contributed by atoms with E-state index in [9.17, 15) is 9.59 Å². The molecular weight excluding hydrogens is 310 g/mol. The Morgan fingerprint density at radius 2 is 2.05 bits per heavy atom. The van der Waals surface area contributed by atoms with E-state index in [2.05, 4.69) is 19.6 Å². The van der Waals surface area contributed by atoms with Crippen LogP contribution in [-0.2, 0) is 25.5 Å². The normalized spacial score (nSPS) is 13.2. The number of hydrogen-bond acceptors (Lipinski definition) is 6. The molecule has 1 fully saturated rings. The van der Waals surface area contributed by atoms with Crippen molar-refractivity contribution in [2.45, 2.75) is 19.3 Å². The number of aromatic nitrogens is 3. The summed E-state index contributed by atoms with van der Waals surface area (Å²) in [6.07, 6.45) is 3.86. The van der Waals surface area contributed by atoms with Gasteiger partial charge in [0.25, 0.3) is 0 Å². The van der Waals surface area contributed by atoms with Crippen molar-refractivity contribution in [3.05, 3.63) is 29.2 Å². The highest BCUT2D eigenvalue weighted by atomic mass is 35.5. The van der Waals surface area contributed by atoms with Crippen molar-refractivity contribution in [1.82, 2.24) is 14.6 Å². The van der Waals surface area contributed by atoms with Gasteiger partial charge in [0.15, 0.2) is 5.65 Å². The van der Waals surface area contributed by atoms with Gasteiger partial charge in [-0.3, -0.25) is 9.59 Å². The summed E-state index contributed by atoms with van der Waals surface area (Å²) in [5.74, 6) is -0.116. The number of hydrogen-bond donors (Lipinski definition) is 0. The van der Waals surface area contributed by atoms with Crippen LogP contribution in [0, 0.1) is 5.92 Å². The molecule has 8 heteroatoms. The molecule has 0 unspecified atom stereocenters. The Morgan fingerprint density at radius 3 is 2.59 bits per heavy atom. The van der Waals surface area contributed by atoms with Gasteiger partial charge >= 0.3 is 11.9 Å². The van der Waals surface area contributed by atoms with E-state index in [-0.39, 0.29) is 24.3 Å². The highest BCUT2D eigenvalue weighted by Crippen LogP contribution is 2.29. The first-order chi connectivity index (χ1) is 10.5. The number of imidazole rings is 1. The van der Waals surface area contributed by atoms with Gasteiger partial charge in [0, 0.05) is 0 Å². The molecule has 2 aromatic heterocycles. The van der Waals surface area contributed by atoms with Crippen molar-refractivity contribution >= 4 is 29.2 Å². The van der Waals surface area contributed by atoms with E-state index >= 15 is 0 Å². The average Bonchev–Trinajstić information content (AvgIpc) is 3.28. The second-order valence-electron chi connectivity index (χ2n) is 4.74. The number of nitrogens with zero attached hydrogens (tertiary/aromatic N) is 3. The van der Waals surface area contributed by atoms with Crippen LogP contribution in [0.1, 0.15) is 18.5 Å². The molecule has 0 saturated heterocycles. The number of rotatable bonds is 3. The monoisotopic (exact) mass is 325 g/mol. The summed E-state index contributed by atoms with van der Waals surface area (Å²) in [6.45, 7) is 0. The third kappa shape index (κ3) is 4.42. The zero-order chi connectivity index (χ0) is 16.1. The Balaban J connectivity index is 0.000000211. The topological polar surface area (TPSA) is 82.8 Å². The predicted octanol–water partition coefficient (Wildman–Crippen LogP) is 1.67. The maximum Gasteiger partial charge on any atom is 0.311 e. The molecule has 1 saturated carbocycles. The van der Waals surface area contributed by atoms with Crippen molar-refractivity contribution in [2.24, 2.45) is 5.92 Å². The minimum absolute atomic E-state index is 0.0417. The Morgan fingerprint density at radius 1 is 1.32 bits per heavy atom. The first-order valence-electron chi connectivity index (χ1n) is 6.69. The third-order valence-electron chi connectivity index (χ3n) is 3.00. The minimum atomic E-state index is -0.329. The Kier molecular flexibility index (Phi) is 5.32. The smallest absolute Gasteiger partial charge is 0.311 e. The van der Waals surface area contributed by atoms with E-state index in [1.54, 1.807) is 18.3 Å². The molecule has 22 heavy (non-hydrogen) atoms. The first-order valence-corrected chi connectivity index (χ1v) is 7.06. The summed E-state index contributed by atoms with van der Waals surface area (Å²) in [5, 5.41) is 4.38. The van der Waals surface area contributed by atoms with Crippen molar-refractivity contribution in [3.8, 4) is 0 Å². The van der Waals surface area contributed by atoms with Gasteiger partial charge in [0.2, 0.25) is 0 Å². The molecule has 0 radical (unpaired) electrons. The van der Waals surface area contributed by atoms with Crippen molar-refractivity contribution < 1.29 is 19.1 Å². The fourth-order valence-corrected chi connectivity index (χ4v) is 1.84. The maximum atomic E-state index is 11.0.